The van der Waals surface area contributed by atoms with E-state index in [-0.39, 0.29) is 12.2 Å². The highest BCUT2D eigenvalue weighted by molar-refractivity contribution is 14.1. The number of aromatic nitrogens is 1. The molecule has 15 heavy (non-hydrogen) atoms. The summed E-state index contributed by atoms with van der Waals surface area (Å²) >= 11 is 3.14. The fourth-order valence-corrected chi connectivity index (χ4v) is 4.31. The molecule has 84 valence electrons. The van der Waals surface area contributed by atoms with Crippen LogP contribution in [0.25, 0.3) is 0 Å². The van der Waals surface area contributed by atoms with Crippen LogP contribution in [0.5, 0.6) is 0 Å². The maximum Gasteiger partial charge on any atom is 0.281 e. The van der Waals surface area contributed by atoms with Crippen LogP contribution in [0, 0.1) is 7.27 Å². The molecule has 0 aliphatic carbocycles. The largest absolute Gasteiger partial charge is 0.281 e. The molecule has 0 atom stereocenters. The minimum absolute atomic E-state index is 0.141. The Balaban J connectivity index is 3.56. The second kappa shape index (κ2) is 4.92. The quantitative estimate of drug-likeness (QED) is 0.372. The number of alkyl halides is 2. The molecule has 0 radical (unpaired) electrons. The number of hydrogen-bond donors (Lipinski definition) is 0. The summed E-state index contributed by atoms with van der Waals surface area (Å²) in [5.41, 5.74) is -0.568. The molecule has 0 unspecified atom stereocenters. The molecule has 0 aliphatic heterocycles. The number of halogens is 5. The SMILES string of the molecule is O=S(=O)(Cl)c1cc(I)nc(C(F)F)c1I. The van der Waals surface area contributed by atoms with Gasteiger partial charge >= 0.3 is 0 Å². The lowest BCUT2D eigenvalue weighted by Crippen LogP contribution is -2.04. The van der Waals surface area contributed by atoms with Crippen LogP contribution >= 0.6 is 55.9 Å². The molecular weight excluding hydrogens is 477 g/mol. The topological polar surface area (TPSA) is 47.0 Å². The lowest BCUT2D eigenvalue weighted by Gasteiger charge is -2.06. The molecule has 0 N–H and O–H groups in total. The van der Waals surface area contributed by atoms with E-state index in [4.69, 9.17) is 10.7 Å². The van der Waals surface area contributed by atoms with Gasteiger partial charge in [0.05, 0.1) is 3.57 Å². The highest BCUT2D eigenvalue weighted by Gasteiger charge is 2.23. The van der Waals surface area contributed by atoms with Crippen LogP contribution in [0.15, 0.2) is 11.0 Å². The predicted octanol–water partition coefficient (Wildman–Crippen LogP) is 3.16. The van der Waals surface area contributed by atoms with E-state index >= 15 is 0 Å². The van der Waals surface area contributed by atoms with Gasteiger partial charge in [-0.25, -0.2) is 22.2 Å². The van der Waals surface area contributed by atoms with Gasteiger partial charge in [0.15, 0.2) is 0 Å². The third-order valence-corrected chi connectivity index (χ3v) is 4.79. The zero-order chi connectivity index (χ0) is 11.8. The van der Waals surface area contributed by atoms with Gasteiger partial charge in [0.2, 0.25) is 0 Å². The summed E-state index contributed by atoms with van der Waals surface area (Å²) in [6.07, 6.45) is -2.83. The van der Waals surface area contributed by atoms with Crippen molar-refractivity contribution in [2.45, 2.75) is 11.3 Å². The van der Waals surface area contributed by atoms with E-state index in [0.717, 1.165) is 6.07 Å². The van der Waals surface area contributed by atoms with E-state index in [1.165, 1.54) is 22.6 Å². The van der Waals surface area contributed by atoms with Crippen molar-refractivity contribution in [1.29, 1.82) is 0 Å². The monoisotopic (exact) mass is 479 g/mol. The van der Waals surface area contributed by atoms with Crippen molar-refractivity contribution in [1.82, 2.24) is 4.98 Å². The molecule has 0 amide bonds. The van der Waals surface area contributed by atoms with Gasteiger partial charge in [-0.15, -0.1) is 0 Å². The predicted molar refractivity (Wildman–Crippen MR) is 67.7 cm³/mol. The zero-order valence-electron chi connectivity index (χ0n) is 6.72. The van der Waals surface area contributed by atoms with Crippen LogP contribution in [-0.2, 0) is 9.05 Å². The lowest BCUT2D eigenvalue weighted by molar-refractivity contribution is 0.144. The Labute approximate surface area is 116 Å². The Morgan fingerprint density at radius 1 is 1.40 bits per heavy atom. The summed E-state index contributed by atoms with van der Waals surface area (Å²) in [4.78, 5) is 3.22. The highest BCUT2D eigenvalue weighted by Crippen LogP contribution is 2.30. The number of pyridine rings is 1. The maximum atomic E-state index is 12.5. The van der Waals surface area contributed by atoms with Crippen molar-refractivity contribution in [3.8, 4) is 0 Å². The molecule has 1 aromatic heterocycles. The summed E-state index contributed by atoms with van der Waals surface area (Å²) in [6.45, 7) is 0. The van der Waals surface area contributed by atoms with Crippen molar-refractivity contribution in [3.63, 3.8) is 0 Å². The van der Waals surface area contributed by atoms with E-state index in [2.05, 4.69) is 4.98 Å². The average Bonchev–Trinajstić information content (AvgIpc) is 2.06. The van der Waals surface area contributed by atoms with E-state index in [0.29, 0.717) is 0 Å². The highest BCUT2D eigenvalue weighted by atomic mass is 127. The average molecular weight is 479 g/mol. The van der Waals surface area contributed by atoms with Crippen LogP contribution < -0.4 is 0 Å². The summed E-state index contributed by atoms with van der Waals surface area (Å²) in [5.74, 6) is 0. The number of hydrogen-bond acceptors (Lipinski definition) is 3. The van der Waals surface area contributed by atoms with Gasteiger partial charge in [0.1, 0.15) is 14.3 Å². The lowest BCUT2D eigenvalue weighted by atomic mass is 10.4. The van der Waals surface area contributed by atoms with E-state index in [9.17, 15) is 17.2 Å². The summed E-state index contributed by atoms with van der Waals surface area (Å²) in [5, 5.41) is 0. The third kappa shape index (κ3) is 3.33. The molecule has 0 saturated heterocycles. The Morgan fingerprint density at radius 3 is 2.33 bits per heavy atom. The fraction of sp³-hybridized carbons (Fsp3) is 0.167. The van der Waals surface area contributed by atoms with Gasteiger partial charge in [-0.2, -0.15) is 0 Å². The Morgan fingerprint density at radius 2 is 1.93 bits per heavy atom. The summed E-state index contributed by atoms with van der Waals surface area (Å²) < 4.78 is 47.1. The van der Waals surface area contributed by atoms with Gasteiger partial charge in [0, 0.05) is 10.7 Å². The normalized spacial score (nSPS) is 12.1. The molecule has 0 spiro atoms. The van der Waals surface area contributed by atoms with Gasteiger partial charge in [0.25, 0.3) is 15.5 Å². The summed E-state index contributed by atoms with van der Waals surface area (Å²) in [7, 11) is 1.08. The van der Waals surface area contributed by atoms with E-state index in [1.54, 1.807) is 22.6 Å². The first-order valence-electron chi connectivity index (χ1n) is 3.32. The first-order chi connectivity index (χ1) is 6.73. The maximum absolute atomic E-state index is 12.5. The van der Waals surface area contributed by atoms with Crippen molar-refractivity contribution in [2.75, 3.05) is 0 Å². The van der Waals surface area contributed by atoms with Gasteiger partial charge in [-0.1, -0.05) is 0 Å². The molecule has 0 saturated carbocycles. The standard InChI is InChI=1S/C6H2ClF2I2NO2S/c7-15(13,14)2-1-3(10)12-5(4(2)11)6(8)9/h1,6H. The van der Waals surface area contributed by atoms with Crippen molar-refractivity contribution in [2.24, 2.45) is 0 Å². The smallest absolute Gasteiger partial charge is 0.240 e. The van der Waals surface area contributed by atoms with Crippen LogP contribution in [0.3, 0.4) is 0 Å². The van der Waals surface area contributed by atoms with Crippen molar-refractivity contribution >= 4 is 64.9 Å². The fourth-order valence-electron chi connectivity index (χ4n) is 0.816. The Kier molecular flexibility index (Phi) is 4.52. The molecule has 0 aliphatic rings. The molecule has 0 aromatic carbocycles. The van der Waals surface area contributed by atoms with Gasteiger partial charge in [-0.05, 0) is 51.2 Å². The second-order valence-corrected chi connectivity index (χ2v) is 7.10. The minimum Gasteiger partial charge on any atom is -0.240 e. The molecular formula is C6H2ClF2I2NO2S. The Bertz CT molecular complexity index is 494. The molecule has 9 heteroatoms. The summed E-state index contributed by atoms with van der Waals surface area (Å²) in [6, 6.07) is 1.15. The van der Waals surface area contributed by atoms with Crippen LogP contribution in [0.2, 0.25) is 0 Å². The number of rotatable bonds is 2. The molecule has 3 nitrogen and oxygen atoms in total. The molecule has 1 aromatic rings. The van der Waals surface area contributed by atoms with E-state index < -0.39 is 21.2 Å². The van der Waals surface area contributed by atoms with Gasteiger partial charge < -0.3 is 0 Å². The second-order valence-electron chi connectivity index (χ2n) is 2.38. The Hall–Kier alpha value is 0.710. The number of nitrogens with zero attached hydrogens (tertiary/aromatic N) is 1. The zero-order valence-corrected chi connectivity index (χ0v) is 12.6. The van der Waals surface area contributed by atoms with Crippen LogP contribution in [0.1, 0.15) is 12.1 Å². The third-order valence-electron chi connectivity index (χ3n) is 1.39. The van der Waals surface area contributed by atoms with Crippen LogP contribution in [0.4, 0.5) is 8.78 Å². The van der Waals surface area contributed by atoms with E-state index in [1.807, 2.05) is 0 Å². The molecule has 1 rings (SSSR count). The first kappa shape index (κ1) is 13.8. The van der Waals surface area contributed by atoms with Crippen molar-refractivity contribution in [3.05, 3.63) is 19.0 Å². The molecule has 1 heterocycles. The first-order valence-corrected chi connectivity index (χ1v) is 7.79. The minimum atomic E-state index is -4.03. The van der Waals surface area contributed by atoms with Gasteiger partial charge in [-0.3, -0.25) is 0 Å². The molecule has 0 fully saturated rings. The molecule has 0 bridgehead atoms. The van der Waals surface area contributed by atoms with Crippen molar-refractivity contribution < 1.29 is 17.2 Å². The van der Waals surface area contributed by atoms with Crippen LogP contribution in [-0.4, -0.2) is 13.4 Å².